The molecule has 3 atom stereocenters. The van der Waals surface area contributed by atoms with Crippen LogP contribution in [0.25, 0.3) is 0 Å². The van der Waals surface area contributed by atoms with Crippen molar-refractivity contribution in [3.63, 3.8) is 0 Å². The summed E-state index contributed by atoms with van der Waals surface area (Å²) >= 11 is 2.04. The Bertz CT molecular complexity index is 529. The number of benzene rings is 1. The number of hydrogen-bond acceptors (Lipinski definition) is 1. The molecule has 2 nitrogen and oxygen atoms in total. The fraction of sp³-hybridized carbons (Fsp3) is 0.357. The molecule has 4 heteroatoms. The average Bonchev–Trinajstić information content (AvgIpc) is 2.94. The van der Waals surface area contributed by atoms with Gasteiger partial charge in [-0.1, -0.05) is 12.2 Å². The summed E-state index contributed by atoms with van der Waals surface area (Å²) in [4.78, 5) is 12.2. The van der Waals surface area contributed by atoms with Gasteiger partial charge in [-0.3, -0.25) is 4.79 Å². The van der Waals surface area contributed by atoms with Crippen molar-refractivity contribution in [3.8, 4) is 0 Å². The highest BCUT2D eigenvalue weighted by Gasteiger charge is 2.39. The van der Waals surface area contributed by atoms with Crippen molar-refractivity contribution in [3.05, 3.63) is 39.7 Å². The largest absolute Gasteiger partial charge is 0.325 e. The van der Waals surface area contributed by atoms with Gasteiger partial charge in [-0.15, -0.1) is 0 Å². The van der Waals surface area contributed by atoms with Crippen LogP contribution < -0.4 is 5.32 Å². The smallest absolute Gasteiger partial charge is 0.228 e. The minimum atomic E-state index is -0.278. The van der Waals surface area contributed by atoms with Gasteiger partial charge in [-0.25, -0.2) is 4.39 Å². The third-order valence-electron chi connectivity index (χ3n) is 3.80. The average molecular weight is 357 g/mol. The second-order valence-electron chi connectivity index (χ2n) is 5.00. The van der Waals surface area contributed by atoms with Crippen molar-refractivity contribution in [1.82, 2.24) is 0 Å². The second-order valence-corrected chi connectivity index (χ2v) is 6.16. The predicted octanol–water partition coefficient (Wildman–Crippen LogP) is 3.58. The zero-order valence-corrected chi connectivity index (χ0v) is 11.9. The van der Waals surface area contributed by atoms with E-state index in [0.29, 0.717) is 17.5 Å². The number of hydrogen-bond donors (Lipinski definition) is 1. The van der Waals surface area contributed by atoms with Gasteiger partial charge in [0.25, 0.3) is 0 Å². The van der Waals surface area contributed by atoms with Crippen LogP contribution in [0.4, 0.5) is 10.1 Å². The molecule has 0 spiro atoms. The number of nitrogens with one attached hydrogen (secondary N) is 1. The van der Waals surface area contributed by atoms with Crippen LogP contribution in [0.15, 0.2) is 30.4 Å². The van der Waals surface area contributed by atoms with Crippen molar-refractivity contribution in [2.75, 3.05) is 5.32 Å². The van der Waals surface area contributed by atoms with Gasteiger partial charge in [0, 0.05) is 9.49 Å². The quantitative estimate of drug-likeness (QED) is 0.636. The highest BCUT2D eigenvalue weighted by Crippen LogP contribution is 2.43. The molecule has 1 saturated carbocycles. The number of amides is 1. The van der Waals surface area contributed by atoms with Crippen LogP contribution in [-0.2, 0) is 4.79 Å². The SMILES string of the molecule is O=C(Nc1ccc(F)cc1I)C1CC2C=CC1C2. The lowest BCUT2D eigenvalue weighted by atomic mass is 9.93. The van der Waals surface area contributed by atoms with Gasteiger partial charge in [-0.05, 0) is 65.5 Å². The third-order valence-corrected chi connectivity index (χ3v) is 4.70. The number of rotatable bonds is 2. The lowest BCUT2D eigenvalue weighted by molar-refractivity contribution is -0.120. The molecule has 2 bridgehead atoms. The number of carbonyl (C=O) groups is 1. The van der Waals surface area contributed by atoms with E-state index in [0.717, 1.165) is 16.4 Å². The van der Waals surface area contributed by atoms with Crippen molar-refractivity contribution in [1.29, 1.82) is 0 Å². The van der Waals surface area contributed by atoms with E-state index in [1.54, 1.807) is 6.07 Å². The zero-order valence-electron chi connectivity index (χ0n) is 9.70. The van der Waals surface area contributed by atoms with E-state index in [1.165, 1.54) is 12.1 Å². The van der Waals surface area contributed by atoms with Crippen LogP contribution >= 0.6 is 22.6 Å². The molecule has 1 N–H and O–H groups in total. The Balaban J connectivity index is 1.73. The van der Waals surface area contributed by atoms with Crippen molar-refractivity contribution >= 4 is 34.2 Å². The van der Waals surface area contributed by atoms with Crippen LogP contribution in [0.2, 0.25) is 0 Å². The lowest BCUT2D eigenvalue weighted by Crippen LogP contribution is -2.26. The van der Waals surface area contributed by atoms with Gasteiger partial charge in [0.15, 0.2) is 0 Å². The molecule has 0 heterocycles. The Kier molecular flexibility index (Phi) is 3.13. The number of anilines is 1. The van der Waals surface area contributed by atoms with Crippen LogP contribution in [0.3, 0.4) is 0 Å². The molecule has 1 aromatic rings. The summed E-state index contributed by atoms with van der Waals surface area (Å²) in [6.45, 7) is 0. The van der Waals surface area contributed by atoms with Crippen LogP contribution in [-0.4, -0.2) is 5.91 Å². The van der Waals surface area contributed by atoms with Crippen LogP contribution in [0.5, 0.6) is 0 Å². The van der Waals surface area contributed by atoms with Gasteiger partial charge in [0.1, 0.15) is 5.82 Å². The van der Waals surface area contributed by atoms with E-state index >= 15 is 0 Å². The molecule has 0 saturated heterocycles. The first kappa shape index (κ1) is 12.1. The number of allylic oxidation sites excluding steroid dienone is 2. The summed E-state index contributed by atoms with van der Waals surface area (Å²) in [5.41, 5.74) is 0.703. The fourth-order valence-corrected chi connectivity index (χ4v) is 3.51. The van der Waals surface area contributed by atoms with Crippen molar-refractivity contribution in [2.45, 2.75) is 12.8 Å². The normalized spacial score (nSPS) is 28.7. The maximum Gasteiger partial charge on any atom is 0.228 e. The molecule has 0 aromatic heterocycles. The Morgan fingerprint density at radius 1 is 1.33 bits per heavy atom. The standard InChI is InChI=1S/C14H13FINO/c15-10-3-4-13(12(16)7-10)17-14(18)11-6-8-1-2-9(11)5-8/h1-4,7-9,11H,5-6H2,(H,17,18). The van der Waals surface area contributed by atoms with Gasteiger partial charge >= 0.3 is 0 Å². The van der Waals surface area contributed by atoms with Gasteiger partial charge in [-0.2, -0.15) is 0 Å². The maximum absolute atomic E-state index is 13.0. The van der Waals surface area contributed by atoms with E-state index in [4.69, 9.17) is 0 Å². The molecule has 3 rings (SSSR count). The first-order valence-corrected chi connectivity index (χ1v) is 7.15. The third kappa shape index (κ3) is 2.18. The molecule has 2 aliphatic rings. The summed E-state index contributed by atoms with van der Waals surface area (Å²) in [6, 6.07) is 4.42. The Labute approximate surface area is 119 Å². The predicted molar refractivity (Wildman–Crippen MR) is 76.6 cm³/mol. The Hall–Kier alpha value is -0.910. The molecular formula is C14H13FINO. The molecule has 94 valence electrons. The summed E-state index contributed by atoms with van der Waals surface area (Å²) in [7, 11) is 0. The van der Waals surface area contributed by atoms with Crippen LogP contribution in [0.1, 0.15) is 12.8 Å². The molecular weight excluding hydrogens is 344 g/mol. The minimum Gasteiger partial charge on any atom is -0.325 e. The maximum atomic E-state index is 13.0. The number of carbonyl (C=O) groups excluding carboxylic acids is 1. The molecule has 1 fully saturated rings. The highest BCUT2D eigenvalue weighted by molar-refractivity contribution is 14.1. The zero-order chi connectivity index (χ0) is 12.7. The number of halogens is 2. The monoisotopic (exact) mass is 357 g/mol. The van der Waals surface area contributed by atoms with E-state index < -0.39 is 0 Å². The highest BCUT2D eigenvalue weighted by atomic mass is 127. The summed E-state index contributed by atoms with van der Waals surface area (Å²) in [5.74, 6) is 0.851. The fourth-order valence-electron chi connectivity index (χ4n) is 2.90. The first-order chi connectivity index (χ1) is 8.63. The van der Waals surface area contributed by atoms with Gasteiger partial charge in [0.05, 0.1) is 5.69 Å². The second kappa shape index (κ2) is 4.64. The summed E-state index contributed by atoms with van der Waals surface area (Å²) in [6.07, 6.45) is 6.44. The Morgan fingerprint density at radius 3 is 2.78 bits per heavy atom. The van der Waals surface area contributed by atoms with Crippen molar-refractivity contribution < 1.29 is 9.18 Å². The lowest BCUT2D eigenvalue weighted by Gasteiger charge is -2.18. The Morgan fingerprint density at radius 2 is 2.17 bits per heavy atom. The minimum absolute atomic E-state index is 0.0661. The van der Waals surface area contributed by atoms with Crippen LogP contribution in [0, 0.1) is 27.1 Å². The molecule has 0 radical (unpaired) electrons. The van der Waals surface area contributed by atoms with E-state index in [9.17, 15) is 9.18 Å². The molecule has 0 aliphatic heterocycles. The molecule has 18 heavy (non-hydrogen) atoms. The number of fused-ring (bicyclic) bond motifs is 2. The van der Waals surface area contributed by atoms with Gasteiger partial charge in [0.2, 0.25) is 5.91 Å². The molecule has 2 aliphatic carbocycles. The first-order valence-electron chi connectivity index (χ1n) is 6.08. The van der Waals surface area contributed by atoms with Gasteiger partial charge < -0.3 is 5.32 Å². The van der Waals surface area contributed by atoms with E-state index in [2.05, 4.69) is 17.5 Å². The van der Waals surface area contributed by atoms with Crippen molar-refractivity contribution in [2.24, 2.45) is 17.8 Å². The van der Waals surface area contributed by atoms with E-state index in [-0.39, 0.29) is 17.6 Å². The van der Waals surface area contributed by atoms with E-state index in [1.807, 2.05) is 22.6 Å². The summed E-state index contributed by atoms with van der Waals surface area (Å²) < 4.78 is 13.7. The topological polar surface area (TPSA) is 29.1 Å². The molecule has 3 unspecified atom stereocenters. The summed E-state index contributed by atoms with van der Waals surface area (Å²) in [5, 5.41) is 2.92. The molecule has 1 aromatic carbocycles. The molecule has 1 amide bonds.